The maximum Gasteiger partial charge on any atom is 0.303 e. The van der Waals surface area contributed by atoms with Crippen LogP contribution in [0.25, 0.3) is 0 Å². The third-order valence-corrected chi connectivity index (χ3v) is 8.47. The van der Waals surface area contributed by atoms with Gasteiger partial charge in [0.2, 0.25) is 0 Å². The van der Waals surface area contributed by atoms with Crippen molar-refractivity contribution in [3.63, 3.8) is 0 Å². The second kappa shape index (κ2) is 34.9. The lowest BCUT2D eigenvalue weighted by Crippen LogP contribution is -2.20. The Morgan fingerprint density at radius 3 is 1.51 bits per heavy atom. The average molecular weight is 603 g/mol. The molecule has 252 valence electrons. The minimum atomic E-state index is -0.672. The van der Waals surface area contributed by atoms with Crippen LogP contribution in [0.1, 0.15) is 194 Å². The van der Waals surface area contributed by atoms with Crippen molar-refractivity contribution in [2.24, 2.45) is 5.73 Å². The molecule has 0 aromatic heterocycles. The first-order valence-electron chi connectivity index (χ1n) is 18.8. The van der Waals surface area contributed by atoms with Gasteiger partial charge in [-0.25, -0.2) is 0 Å². The summed E-state index contributed by atoms with van der Waals surface area (Å²) in [5.74, 6) is -0.672. The Balaban J connectivity index is 4.15. The Morgan fingerprint density at radius 1 is 0.535 bits per heavy atom. The fraction of sp³-hybridized carbons (Fsp3) is 0.821. The van der Waals surface area contributed by atoms with Gasteiger partial charge in [-0.15, -0.1) is 0 Å². The standard InChI is InChI=1S/C39H74N2O2/c1-3-5-7-8-9-10-11-12-13-14-15-16-20-23-26-30-36-41-38(34-35-40)37(31-27-6-4-2)32-28-24-21-18-17-19-22-25-29-33-39(42)43/h12-13,21,24,41H,3-11,14-20,22-23,25-36,40H2,1-2H3,(H,42,43)/b13-12-,24-21-,38-37?. The van der Waals surface area contributed by atoms with Gasteiger partial charge >= 0.3 is 5.97 Å². The Morgan fingerprint density at radius 2 is 0.977 bits per heavy atom. The molecule has 0 rings (SSSR count). The molecule has 4 nitrogen and oxygen atoms in total. The highest BCUT2D eigenvalue weighted by Gasteiger charge is 2.07. The van der Waals surface area contributed by atoms with E-state index < -0.39 is 5.97 Å². The molecule has 0 spiro atoms. The number of hydrogen-bond acceptors (Lipinski definition) is 3. The summed E-state index contributed by atoms with van der Waals surface area (Å²) in [6.07, 6.45) is 43.6. The van der Waals surface area contributed by atoms with Gasteiger partial charge in [-0.1, -0.05) is 134 Å². The summed E-state index contributed by atoms with van der Waals surface area (Å²) in [4.78, 5) is 10.6. The van der Waals surface area contributed by atoms with E-state index in [0.717, 1.165) is 58.0 Å². The summed E-state index contributed by atoms with van der Waals surface area (Å²) in [6.45, 7) is 6.37. The number of nitrogens with two attached hydrogens (primary N) is 1. The minimum Gasteiger partial charge on any atom is -0.481 e. The molecule has 0 aliphatic rings. The van der Waals surface area contributed by atoms with E-state index in [1.807, 2.05) is 0 Å². The lowest BCUT2D eigenvalue weighted by Gasteiger charge is -2.17. The van der Waals surface area contributed by atoms with Crippen LogP contribution in [0.3, 0.4) is 0 Å². The number of allylic oxidation sites excluding steroid dienone is 5. The molecule has 43 heavy (non-hydrogen) atoms. The van der Waals surface area contributed by atoms with E-state index in [2.05, 4.69) is 43.5 Å². The van der Waals surface area contributed by atoms with Crippen molar-refractivity contribution in [2.75, 3.05) is 13.1 Å². The number of rotatable bonds is 34. The third-order valence-electron chi connectivity index (χ3n) is 8.47. The SMILES string of the molecule is CCCCCCCC/C=C\CCCCCCCCNC(CCN)=C(CC/C=C\CCCCCCCC(=O)O)CCCCC. The van der Waals surface area contributed by atoms with E-state index in [9.17, 15) is 4.79 Å². The molecule has 0 fully saturated rings. The molecule has 0 aliphatic carbocycles. The maximum absolute atomic E-state index is 10.6. The molecule has 4 heteroatoms. The van der Waals surface area contributed by atoms with Crippen LogP contribution in [0.2, 0.25) is 0 Å². The van der Waals surface area contributed by atoms with Gasteiger partial charge < -0.3 is 16.2 Å². The maximum atomic E-state index is 10.6. The molecule has 0 saturated carbocycles. The van der Waals surface area contributed by atoms with E-state index in [-0.39, 0.29) is 0 Å². The molecule has 0 atom stereocenters. The number of hydrogen-bond donors (Lipinski definition) is 3. The normalized spacial score (nSPS) is 12.4. The number of nitrogens with one attached hydrogen (secondary N) is 1. The number of aliphatic carboxylic acids is 1. The van der Waals surface area contributed by atoms with Crippen molar-refractivity contribution < 1.29 is 9.90 Å². The zero-order chi connectivity index (χ0) is 31.5. The second-order valence-corrected chi connectivity index (χ2v) is 12.7. The summed E-state index contributed by atoms with van der Waals surface area (Å²) in [7, 11) is 0. The largest absolute Gasteiger partial charge is 0.481 e. The van der Waals surface area contributed by atoms with E-state index >= 15 is 0 Å². The van der Waals surface area contributed by atoms with Crippen molar-refractivity contribution in [1.82, 2.24) is 5.32 Å². The molecule has 0 saturated heterocycles. The van der Waals surface area contributed by atoms with Crippen LogP contribution in [-0.4, -0.2) is 24.2 Å². The van der Waals surface area contributed by atoms with Crippen LogP contribution in [0, 0.1) is 0 Å². The number of carbonyl (C=O) groups is 1. The molecule has 0 bridgehead atoms. The van der Waals surface area contributed by atoms with Gasteiger partial charge in [0, 0.05) is 18.7 Å². The number of carboxylic acids is 1. The fourth-order valence-corrected chi connectivity index (χ4v) is 5.72. The topological polar surface area (TPSA) is 75.3 Å². The molecule has 0 amide bonds. The highest BCUT2D eigenvalue weighted by Crippen LogP contribution is 2.21. The van der Waals surface area contributed by atoms with Crippen molar-refractivity contribution in [1.29, 1.82) is 0 Å². The molecule has 0 radical (unpaired) electrons. The molecular formula is C39H74N2O2. The first-order chi connectivity index (χ1) is 21.2. The van der Waals surface area contributed by atoms with Gasteiger partial charge in [0.25, 0.3) is 0 Å². The first kappa shape index (κ1) is 41.4. The van der Waals surface area contributed by atoms with Gasteiger partial charge in [-0.3, -0.25) is 4.79 Å². The van der Waals surface area contributed by atoms with Crippen molar-refractivity contribution in [3.8, 4) is 0 Å². The fourth-order valence-electron chi connectivity index (χ4n) is 5.72. The van der Waals surface area contributed by atoms with Crippen molar-refractivity contribution in [3.05, 3.63) is 35.6 Å². The molecule has 0 aliphatic heterocycles. The van der Waals surface area contributed by atoms with Gasteiger partial charge in [0.1, 0.15) is 0 Å². The monoisotopic (exact) mass is 603 g/mol. The van der Waals surface area contributed by atoms with Gasteiger partial charge in [-0.05, 0) is 90.0 Å². The summed E-state index contributed by atoms with van der Waals surface area (Å²) in [5, 5.41) is 12.5. The Labute approximate surface area is 268 Å². The summed E-state index contributed by atoms with van der Waals surface area (Å²) >= 11 is 0. The highest BCUT2D eigenvalue weighted by atomic mass is 16.4. The Bertz CT molecular complexity index is 683. The van der Waals surface area contributed by atoms with E-state index in [4.69, 9.17) is 10.8 Å². The van der Waals surface area contributed by atoms with E-state index in [0.29, 0.717) is 6.42 Å². The van der Waals surface area contributed by atoms with Crippen LogP contribution in [0.4, 0.5) is 0 Å². The number of carboxylic acid groups (broad SMARTS) is 1. The average Bonchev–Trinajstić information content (AvgIpc) is 3.00. The van der Waals surface area contributed by atoms with Gasteiger partial charge in [-0.2, -0.15) is 0 Å². The summed E-state index contributed by atoms with van der Waals surface area (Å²) in [5.41, 5.74) is 9.07. The van der Waals surface area contributed by atoms with E-state index in [1.165, 1.54) is 134 Å². The Hall–Kier alpha value is -1.55. The molecule has 0 aromatic carbocycles. The predicted molar refractivity (Wildman–Crippen MR) is 191 cm³/mol. The first-order valence-corrected chi connectivity index (χ1v) is 18.8. The van der Waals surface area contributed by atoms with Crippen LogP contribution < -0.4 is 11.1 Å². The molecule has 4 N–H and O–H groups in total. The van der Waals surface area contributed by atoms with E-state index in [1.54, 1.807) is 5.57 Å². The van der Waals surface area contributed by atoms with Crippen molar-refractivity contribution in [2.45, 2.75) is 194 Å². The van der Waals surface area contributed by atoms with Crippen LogP contribution in [-0.2, 0) is 4.79 Å². The van der Waals surface area contributed by atoms with Crippen LogP contribution >= 0.6 is 0 Å². The van der Waals surface area contributed by atoms with Gasteiger partial charge in [0.15, 0.2) is 0 Å². The zero-order valence-corrected chi connectivity index (χ0v) is 29.0. The molecular weight excluding hydrogens is 528 g/mol. The third kappa shape index (κ3) is 31.7. The minimum absolute atomic E-state index is 0.312. The van der Waals surface area contributed by atoms with Crippen molar-refractivity contribution >= 4 is 5.97 Å². The smallest absolute Gasteiger partial charge is 0.303 e. The molecule has 0 heterocycles. The Kier molecular flexibility index (Phi) is 33.7. The second-order valence-electron chi connectivity index (χ2n) is 12.7. The van der Waals surface area contributed by atoms with Gasteiger partial charge in [0.05, 0.1) is 0 Å². The summed E-state index contributed by atoms with van der Waals surface area (Å²) in [6, 6.07) is 0. The van der Waals surface area contributed by atoms with Crippen LogP contribution in [0.15, 0.2) is 35.6 Å². The van der Waals surface area contributed by atoms with Crippen LogP contribution in [0.5, 0.6) is 0 Å². The summed E-state index contributed by atoms with van der Waals surface area (Å²) < 4.78 is 0. The molecule has 0 unspecified atom stereocenters. The number of unbranched alkanes of at least 4 members (excludes halogenated alkanes) is 19. The predicted octanol–water partition coefficient (Wildman–Crippen LogP) is 11.9. The lowest BCUT2D eigenvalue weighted by molar-refractivity contribution is -0.137. The lowest BCUT2D eigenvalue weighted by atomic mass is 9.98. The zero-order valence-electron chi connectivity index (χ0n) is 29.0. The quantitative estimate of drug-likeness (QED) is 0.0506. The molecule has 0 aromatic rings. The highest BCUT2D eigenvalue weighted by molar-refractivity contribution is 5.66.